The fraction of sp³-hybridized carbons (Fsp3) is 0.727. The SMILES string of the molecule is CC1CCn2c(nc(C(C)C)c2N)C1. The van der Waals surface area contributed by atoms with E-state index in [4.69, 9.17) is 5.73 Å². The third kappa shape index (κ3) is 1.41. The number of fused-ring (bicyclic) bond motifs is 1. The highest BCUT2D eigenvalue weighted by Gasteiger charge is 2.22. The molecule has 0 spiro atoms. The first kappa shape index (κ1) is 9.56. The largest absolute Gasteiger partial charge is 0.384 e. The van der Waals surface area contributed by atoms with E-state index in [1.54, 1.807) is 0 Å². The van der Waals surface area contributed by atoms with Gasteiger partial charge in [-0.25, -0.2) is 4.98 Å². The number of aromatic nitrogens is 2. The normalized spacial score (nSPS) is 21.3. The van der Waals surface area contributed by atoms with Crippen LogP contribution in [0.3, 0.4) is 0 Å². The molecular weight excluding hydrogens is 174 g/mol. The third-order valence-electron chi connectivity index (χ3n) is 3.04. The standard InChI is InChI=1S/C11H19N3/c1-7(2)10-11(12)14-5-4-8(3)6-9(14)13-10/h7-8H,4-6,12H2,1-3H3. The van der Waals surface area contributed by atoms with E-state index in [0.717, 1.165) is 30.4 Å². The highest BCUT2D eigenvalue weighted by atomic mass is 15.1. The van der Waals surface area contributed by atoms with Gasteiger partial charge in [0.15, 0.2) is 0 Å². The number of hydrogen-bond donors (Lipinski definition) is 1. The van der Waals surface area contributed by atoms with E-state index in [0.29, 0.717) is 5.92 Å². The van der Waals surface area contributed by atoms with Crippen molar-refractivity contribution >= 4 is 5.82 Å². The second kappa shape index (κ2) is 3.30. The maximum Gasteiger partial charge on any atom is 0.127 e. The molecule has 14 heavy (non-hydrogen) atoms. The van der Waals surface area contributed by atoms with Gasteiger partial charge in [0.1, 0.15) is 11.6 Å². The van der Waals surface area contributed by atoms with E-state index < -0.39 is 0 Å². The summed E-state index contributed by atoms with van der Waals surface area (Å²) in [4.78, 5) is 4.64. The smallest absolute Gasteiger partial charge is 0.127 e. The van der Waals surface area contributed by atoms with Crippen LogP contribution in [-0.2, 0) is 13.0 Å². The molecule has 2 heterocycles. The van der Waals surface area contributed by atoms with Gasteiger partial charge in [0.2, 0.25) is 0 Å². The quantitative estimate of drug-likeness (QED) is 0.742. The average molecular weight is 193 g/mol. The highest BCUT2D eigenvalue weighted by molar-refractivity contribution is 5.40. The maximum absolute atomic E-state index is 6.07. The third-order valence-corrected chi connectivity index (χ3v) is 3.04. The number of anilines is 1. The first-order valence-corrected chi connectivity index (χ1v) is 5.44. The van der Waals surface area contributed by atoms with Crippen molar-refractivity contribution in [3.05, 3.63) is 11.5 Å². The van der Waals surface area contributed by atoms with Gasteiger partial charge in [0.25, 0.3) is 0 Å². The van der Waals surface area contributed by atoms with Gasteiger partial charge in [-0.2, -0.15) is 0 Å². The second-order valence-corrected chi connectivity index (χ2v) is 4.70. The van der Waals surface area contributed by atoms with Crippen molar-refractivity contribution in [2.75, 3.05) is 5.73 Å². The van der Waals surface area contributed by atoms with Crippen LogP contribution in [0, 0.1) is 5.92 Å². The molecule has 1 aliphatic rings. The number of nitrogens with two attached hydrogens (primary N) is 1. The summed E-state index contributed by atoms with van der Waals surface area (Å²) in [5, 5.41) is 0. The number of hydrogen-bond acceptors (Lipinski definition) is 2. The predicted molar refractivity (Wildman–Crippen MR) is 58.2 cm³/mol. The Balaban J connectivity index is 2.40. The van der Waals surface area contributed by atoms with Crippen molar-refractivity contribution in [1.29, 1.82) is 0 Å². The molecule has 0 radical (unpaired) electrons. The van der Waals surface area contributed by atoms with Gasteiger partial charge in [-0.3, -0.25) is 0 Å². The molecule has 0 saturated carbocycles. The highest BCUT2D eigenvalue weighted by Crippen LogP contribution is 2.28. The summed E-state index contributed by atoms with van der Waals surface area (Å²) < 4.78 is 2.19. The molecule has 0 aromatic carbocycles. The zero-order valence-electron chi connectivity index (χ0n) is 9.25. The number of imidazole rings is 1. The average Bonchev–Trinajstić information content (AvgIpc) is 2.43. The van der Waals surface area contributed by atoms with Gasteiger partial charge < -0.3 is 10.3 Å². The van der Waals surface area contributed by atoms with E-state index in [1.807, 2.05) is 0 Å². The summed E-state index contributed by atoms with van der Waals surface area (Å²) in [6.07, 6.45) is 2.31. The molecule has 2 rings (SSSR count). The summed E-state index contributed by atoms with van der Waals surface area (Å²) >= 11 is 0. The van der Waals surface area contributed by atoms with Crippen LogP contribution >= 0.6 is 0 Å². The second-order valence-electron chi connectivity index (χ2n) is 4.70. The Morgan fingerprint density at radius 1 is 1.50 bits per heavy atom. The monoisotopic (exact) mass is 193 g/mol. The first-order chi connectivity index (χ1) is 6.59. The van der Waals surface area contributed by atoms with Crippen LogP contribution in [0.4, 0.5) is 5.82 Å². The summed E-state index contributed by atoms with van der Waals surface area (Å²) in [6, 6.07) is 0. The van der Waals surface area contributed by atoms with Gasteiger partial charge in [0.05, 0.1) is 5.69 Å². The molecule has 78 valence electrons. The summed E-state index contributed by atoms with van der Waals surface area (Å²) in [7, 11) is 0. The van der Waals surface area contributed by atoms with Crippen LogP contribution in [-0.4, -0.2) is 9.55 Å². The van der Waals surface area contributed by atoms with Crippen molar-refractivity contribution in [2.24, 2.45) is 5.92 Å². The summed E-state index contributed by atoms with van der Waals surface area (Å²) in [5.41, 5.74) is 7.15. The van der Waals surface area contributed by atoms with Gasteiger partial charge in [0, 0.05) is 13.0 Å². The lowest BCUT2D eigenvalue weighted by atomic mass is 10.0. The van der Waals surface area contributed by atoms with E-state index in [2.05, 4.69) is 30.3 Å². The molecular formula is C11H19N3. The van der Waals surface area contributed by atoms with Gasteiger partial charge >= 0.3 is 0 Å². The minimum atomic E-state index is 0.434. The Hall–Kier alpha value is -0.990. The molecule has 1 atom stereocenters. The Bertz CT molecular complexity index is 339. The van der Waals surface area contributed by atoms with E-state index in [1.165, 1.54) is 12.2 Å². The summed E-state index contributed by atoms with van der Waals surface area (Å²) in [6.45, 7) is 7.62. The number of rotatable bonds is 1. The Morgan fingerprint density at radius 2 is 2.21 bits per heavy atom. The molecule has 0 fully saturated rings. The molecule has 0 amide bonds. The van der Waals surface area contributed by atoms with E-state index in [-0.39, 0.29) is 0 Å². The van der Waals surface area contributed by atoms with Crippen molar-refractivity contribution in [3.8, 4) is 0 Å². The van der Waals surface area contributed by atoms with Crippen LogP contribution in [0.1, 0.15) is 44.6 Å². The van der Waals surface area contributed by atoms with Gasteiger partial charge in [-0.15, -0.1) is 0 Å². The number of nitrogen functional groups attached to an aromatic ring is 1. The van der Waals surface area contributed by atoms with Gasteiger partial charge in [-0.1, -0.05) is 20.8 Å². The molecule has 3 heteroatoms. The molecule has 0 aliphatic carbocycles. The lowest BCUT2D eigenvalue weighted by Crippen LogP contribution is -2.18. The predicted octanol–water partition coefficient (Wildman–Crippen LogP) is 2.17. The van der Waals surface area contributed by atoms with Crippen LogP contribution in [0.5, 0.6) is 0 Å². The molecule has 1 aliphatic heterocycles. The minimum absolute atomic E-state index is 0.434. The van der Waals surface area contributed by atoms with Crippen molar-refractivity contribution in [3.63, 3.8) is 0 Å². The maximum atomic E-state index is 6.07. The van der Waals surface area contributed by atoms with Gasteiger partial charge in [-0.05, 0) is 18.3 Å². The van der Waals surface area contributed by atoms with E-state index in [9.17, 15) is 0 Å². The molecule has 2 N–H and O–H groups in total. The van der Waals surface area contributed by atoms with Crippen LogP contribution < -0.4 is 5.73 Å². The summed E-state index contributed by atoms with van der Waals surface area (Å²) in [5.74, 6) is 3.26. The fourth-order valence-electron chi connectivity index (χ4n) is 2.13. The van der Waals surface area contributed by atoms with Crippen LogP contribution in [0.2, 0.25) is 0 Å². The Labute approximate surface area is 85.3 Å². The van der Waals surface area contributed by atoms with Crippen LogP contribution in [0.15, 0.2) is 0 Å². The fourth-order valence-corrected chi connectivity index (χ4v) is 2.13. The zero-order valence-corrected chi connectivity index (χ0v) is 9.25. The number of nitrogens with zero attached hydrogens (tertiary/aromatic N) is 2. The van der Waals surface area contributed by atoms with Crippen molar-refractivity contribution in [2.45, 2.75) is 46.1 Å². The molecule has 1 aromatic rings. The van der Waals surface area contributed by atoms with E-state index >= 15 is 0 Å². The molecule has 0 saturated heterocycles. The van der Waals surface area contributed by atoms with Crippen LogP contribution in [0.25, 0.3) is 0 Å². The lowest BCUT2D eigenvalue weighted by molar-refractivity contribution is 0.412. The molecule has 3 nitrogen and oxygen atoms in total. The van der Waals surface area contributed by atoms with Crippen molar-refractivity contribution < 1.29 is 0 Å². The minimum Gasteiger partial charge on any atom is -0.384 e. The first-order valence-electron chi connectivity index (χ1n) is 5.44. The molecule has 1 unspecified atom stereocenters. The topological polar surface area (TPSA) is 43.8 Å². The lowest BCUT2D eigenvalue weighted by Gasteiger charge is -2.20. The van der Waals surface area contributed by atoms with Crippen molar-refractivity contribution in [1.82, 2.24) is 9.55 Å². The molecule has 0 bridgehead atoms. The Kier molecular flexibility index (Phi) is 2.25. The molecule has 1 aromatic heterocycles. The Morgan fingerprint density at radius 3 is 2.86 bits per heavy atom. The zero-order chi connectivity index (χ0) is 10.3.